The number of carbonyl (C=O) groups is 1. The molecule has 1 N–H and O–H groups in total. The molecule has 0 aliphatic carbocycles. The largest absolute Gasteiger partial charge is 0.479 e. The molecule has 0 bridgehead atoms. The van der Waals surface area contributed by atoms with Gasteiger partial charge in [-0.2, -0.15) is 0 Å². The second kappa shape index (κ2) is 6.36. The van der Waals surface area contributed by atoms with Gasteiger partial charge in [-0.25, -0.2) is 4.79 Å². The van der Waals surface area contributed by atoms with E-state index in [-0.39, 0.29) is 6.61 Å². The summed E-state index contributed by atoms with van der Waals surface area (Å²) < 4.78 is 5.47. The molecule has 1 atom stereocenters. The molecule has 2 aromatic carbocycles. The van der Waals surface area contributed by atoms with Crippen LogP contribution >= 0.6 is 11.6 Å². The average molecular weight is 277 g/mol. The van der Waals surface area contributed by atoms with E-state index in [4.69, 9.17) is 16.3 Å². The van der Waals surface area contributed by atoms with Crippen molar-refractivity contribution in [3.63, 3.8) is 0 Å². The highest BCUT2D eigenvalue weighted by molar-refractivity contribution is 6.30. The maximum absolute atomic E-state index is 11.2. The predicted molar refractivity (Wildman–Crippen MR) is 73.1 cm³/mol. The van der Waals surface area contributed by atoms with Gasteiger partial charge in [0.1, 0.15) is 0 Å². The number of hydrogen-bond acceptors (Lipinski definition) is 2. The summed E-state index contributed by atoms with van der Waals surface area (Å²) in [5.74, 6) is -1.000. The number of halogens is 1. The minimum Gasteiger partial charge on any atom is -0.479 e. The Morgan fingerprint density at radius 1 is 1.11 bits per heavy atom. The van der Waals surface area contributed by atoms with Gasteiger partial charge in [-0.3, -0.25) is 0 Å². The van der Waals surface area contributed by atoms with Crippen LogP contribution in [-0.4, -0.2) is 11.1 Å². The van der Waals surface area contributed by atoms with E-state index in [1.54, 1.807) is 36.4 Å². The van der Waals surface area contributed by atoms with Crippen molar-refractivity contribution in [3.8, 4) is 0 Å². The highest BCUT2D eigenvalue weighted by atomic mass is 35.5. The van der Waals surface area contributed by atoms with Gasteiger partial charge in [0, 0.05) is 5.02 Å². The standard InChI is InChI=1S/C15H13ClO3/c16-13-8-6-11(7-9-13)10-19-14(15(17)18)12-4-2-1-3-5-12/h1-9,14H,10H2,(H,17,18)/t14-/m0/s1. The molecular formula is C15H13ClO3. The predicted octanol–water partition coefficient (Wildman–Crippen LogP) is 3.68. The van der Waals surface area contributed by atoms with Crippen LogP contribution < -0.4 is 0 Å². The van der Waals surface area contributed by atoms with Crippen LogP contribution in [0.15, 0.2) is 54.6 Å². The fourth-order valence-electron chi connectivity index (χ4n) is 1.70. The van der Waals surface area contributed by atoms with Crippen molar-refractivity contribution in [1.82, 2.24) is 0 Å². The summed E-state index contributed by atoms with van der Waals surface area (Å²) in [6.45, 7) is 0.225. The molecule has 0 amide bonds. The van der Waals surface area contributed by atoms with Gasteiger partial charge in [0.2, 0.25) is 0 Å². The first-order valence-electron chi connectivity index (χ1n) is 5.80. The molecule has 0 aromatic heterocycles. The van der Waals surface area contributed by atoms with E-state index in [1.165, 1.54) is 0 Å². The lowest BCUT2D eigenvalue weighted by Crippen LogP contribution is -2.15. The second-order valence-electron chi connectivity index (χ2n) is 4.07. The van der Waals surface area contributed by atoms with E-state index in [0.717, 1.165) is 5.56 Å². The van der Waals surface area contributed by atoms with Crippen molar-refractivity contribution in [2.45, 2.75) is 12.7 Å². The summed E-state index contributed by atoms with van der Waals surface area (Å²) in [6, 6.07) is 16.0. The van der Waals surface area contributed by atoms with Crippen molar-refractivity contribution in [1.29, 1.82) is 0 Å². The maximum atomic E-state index is 11.2. The van der Waals surface area contributed by atoms with E-state index in [1.807, 2.05) is 18.2 Å². The first-order valence-corrected chi connectivity index (χ1v) is 6.18. The SMILES string of the molecule is O=C(O)[C@@H](OCc1ccc(Cl)cc1)c1ccccc1. The molecule has 0 saturated carbocycles. The summed E-state index contributed by atoms with van der Waals surface area (Å²) in [4.78, 5) is 11.2. The van der Waals surface area contributed by atoms with Gasteiger partial charge < -0.3 is 9.84 Å². The van der Waals surface area contributed by atoms with Gasteiger partial charge in [0.25, 0.3) is 0 Å². The van der Waals surface area contributed by atoms with Crippen LogP contribution in [-0.2, 0) is 16.1 Å². The van der Waals surface area contributed by atoms with Crippen LogP contribution in [0.2, 0.25) is 5.02 Å². The third kappa shape index (κ3) is 3.81. The van der Waals surface area contributed by atoms with Crippen LogP contribution in [0.4, 0.5) is 0 Å². The van der Waals surface area contributed by atoms with Crippen LogP contribution in [0.3, 0.4) is 0 Å². The number of hydrogen-bond donors (Lipinski definition) is 1. The topological polar surface area (TPSA) is 46.5 Å². The Labute approximate surface area is 116 Å². The molecule has 0 aliphatic rings. The molecular weight excluding hydrogens is 264 g/mol. The summed E-state index contributed by atoms with van der Waals surface area (Å²) >= 11 is 5.79. The molecule has 0 fully saturated rings. The highest BCUT2D eigenvalue weighted by Gasteiger charge is 2.20. The molecule has 3 nitrogen and oxygen atoms in total. The Bertz CT molecular complexity index is 537. The minimum absolute atomic E-state index is 0.225. The zero-order valence-electron chi connectivity index (χ0n) is 10.1. The summed E-state index contributed by atoms with van der Waals surface area (Å²) in [6.07, 6.45) is -0.961. The molecule has 0 aliphatic heterocycles. The lowest BCUT2D eigenvalue weighted by molar-refractivity contribution is -0.151. The number of rotatable bonds is 5. The van der Waals surface area contributed by atoms with Gasteiger partial charge >= 0.3 is 5.97 Å². The van der Waals surface area contributed by atoms with Crippen molar-refractivity contribution < 1.29 is 14.6 Å². The Kier molecular flexibility index (Phi) is 4.55. The molecule has 0 radical (unpaired) electrons. The molecule has 19 heavy (non-hydrogen) atoms. The molecule has 0 saturated heterocycles. The van der Waals surface area contributed by atoms with E-state index < -0.39 is 12.1 Å². The molecule has 0 heterocycles. The summed E-state index contributed by atoms with van der Waals surface area (Å²) in [5.41, 5.74) is 1.51. The molecule has 2 rings (SSSR count). The molecule has 98 valence electrons. The van der Waals surface area contributed by atoms with Gasteiger partial charge in [-0.15, -0.1) is 0 Å². The van der Waals surface area contributed by atoms with E-state index in [9.17, 15) is 9.90 Å². The average Bonchev–Trinajstić information content (AvgIpc) is 2.42. The molecule has 4 heteroatoms. The third-order valence-electron chi connectivity index (χ3n) is 2.66. The molecule has 2 aromatic rings. The van der Waals surface area contributed by atoms with Crippen molar-refractivity contribution >= 4 is 17.6 Å². The van der Waals surface area contributed by atoms with Crippen molar-refractivity contribution in [2.24, 2.45) is 0 Å². The smallest absolute Gasteiger partial charge is 0.337 e. The van der Waals surface area contributed by atoms with Crippen LogP contribution in [0.1, 0.15) is 17.2 Å². The first-order chi connectivity index (χ1) is 9.16. The lowest BCUT2D eigenvalue weighted by Gasteiger charge is -2.14. The first kappa shape index (κ1) is 13.6. The quantitative estimate of drug-likeness (QED) is 0.906. The number of carboxylic acids is 1. The number of aliphatic carboxylic acids is 1. The van der Waals surface area contributed by atoms with Gasteiger partial charge in [0.05, 0.1) is 6.61 Å². The zero-order valence-corrected chi connectivity index (χ0v) is 10.9. The number of benzene rings is 2. The van der Waals surface area contributed by atoms with E-state index >= 15 is 0 Å². The maximum Gasteiger partial charge on any atom is 0.337 e. The van der Waals surface area contributed by atoms with Crippen molar-refractivity contribution in [3.05, 3.63) is 70.7 Å². The fraction of sp³-hybridized carbons (Fsp3) is 0.133. The third-order valence-corrected chi connectivity index (χ3v) is 2.91. The van der Waals surface area contributed by atoms with Gasteiger partial charge in [-0.05, 0) is 23.3 Å². The van der Waals surface area contributed by atoms with Gasteiger partial charge in [0.15, 0.2) is 6.10 Å². The summed E-state index contributed by atoms with van der Waals surface area (Å²) in [7, 11) is 0. The van der Waals surface area contributed by atoms with Crippen molar-refractivity contribution in [2.75, 3.05) is 0 Å². The Balaban J connectivity index is 2.06. The number of carboxylic acid groups (broad SMARTS) is 1. The van der Waals surface area contributed by atoms with Crippen LogP contribution in [0.5, 0.6) is 0 Å². The molecule has 0 spiro atoms. The zero-order chi connectivity index (χ0) is 13.7. The molecule has 0 unspecified atom stereocenters. The Hall–Kier alpha value is -1.84. The second-order valence-corrected chi connectivity index (χ2v) is 4.50. The number of ether oxygens (including phenoxy) is 1. The highest BCUT2D eigenvalue weighted by Crippen LogP contribution is 2.20. The van der Waals surface area contributed by atoms with E-state index in [2.05, 4.69) is 0 Å². The lowest BCUT2D eigenvalue weighted by atomic mass is 10.1. The summed E-state index contributed by atoms with van der Waals surface area (Å²) in [5, 5.41) is 9.84. The van der Waals surface area contributed by atoms with Gasteiger partial charge in [-0.1, -0.05) is 54.1 Å². The normalized spacial score (nSPS) is 12.1. The Morgan fingerprint density at radius 2 is 1.74 bits per heavy atom. The monoisotopic (exact) mass is 276 g/mol. The van der Waals surface area contributed by atoms with Crippen LogP contribution in [0.25, 0.3) is 0 Å². The van der Waals surface area contributed by atoms with Crippen LogP contribution in [0, 0.1) is 0 Å². The minimum atomic E-state index is -1.000. The van der Waals surface area contributed by atoms with E-state index in [0.29, 0.717) is 10.6 Å². The Morgan fingerprint density at radius 3 is 2.32 bits per heavy atom. The fourth-order valence-corrected chi connectivity index (χ4v) is 1.82.